The van der Waals surface area contributed by atoms with Crippen molar-refractivity contribution in [3.05, 3.63) is 83.1 Å². The molecule has 0 saturated heterocycles. The fraction of sp³-hybridized carbons (Fsp3) is 0.190. The summed E-state index contributed by atoms with van der Waals surface area (Å²) in [7, 11) is 0. The van der Waals surface area contributed by atoms with Crippen LogP contribution >= 0.6 is 11.6 Å². The molecule has 0 aliphatic carbocycles. The third-order valence-electron chi connectivity index (χ3n) is 4.08. The number of nitrogens with one attached hydrogen (secondary N) is 1. The van der Waals surface area contributed by atoms with Gasteiger partial charge in [-0.3, -0.25) is 4.79 Å². The van der Waals surface area contributed by atoms with Gasteiger partial charge in [-0.05, 0) is 43.7 Å². The van der Waals surface area contributed by atoms with Crippen LogP contribution in [0.5, 0.6) is 0 Å². The second kappa shape index (κ2) is 8.64. The Morgan fingerprint density at radius 1 is 1.04 bits per heavy atom. The largest absolute Gasteiger partial charge is 0.334 e. The fourth-order valence-corrected chi connectivity index (χ4v) is 2.71. The first-order valence-corrected chi connectivity index (χ1v) is 9.10. The number of hydrogen-bond acceptors (Lipinski definition) is 4. The van der Waals surface area contributed by atoms with Gasteiger partial charge in [-0.1, -0.05) is 41.9 Å². The van der Waals surface area contributed by atoms with E-state index in [1.165, 1.54) is 5.56 Å². The van der Waals surface area contributed by atoms with Crippen LogP contribution in [-0.4, -0.2) is 21.9 Å². The summed E-state index contributed by atoms with van der Waals surface area (Å²) in [4.78, 5) is 23.3. The molecule has 1 heterocycles. The van der Waals surface area contributed by atoms with Gasteiger partial charge in [0.1, 0.15) is 0 Å². The lowest BCUT2D eigenvalue weighted by Gasteiger charge is -2.26. The molecule has 1 aromatic heterocycles. The number of carbonyl (C=O) groups excluding carboxylic acids is 1. The monoisotopic (exact) mass is 380 g/mol. The van der Waals surface area contributed by atoms with E-state index in [0.29, 0.717) is 28.8 Å². The Balaban J connectivity index is 1.72. The highest BCUT2D eigenvalue weighted by atomic mass is 35.5. The topological polar surface area (TPSA) is 58.1 Å². The molecule has 0 fully saturated rings. The maximum absolute atomic E-state index is 12.4. The van der Waals surface area contributed by atoms with Crippen molar-refractivity contribution in [3.63, 3.8) is 0 Å². The third kappa shape index (κ3) is 5.05. The molecule has 0 bridgehead atoms. The Labute approximate surface area is 164 Å². The van der Waals surface area contributed by atoms with E-state index in [-0.39, 0.29) is 11.9 Å². The van der Waals surface area contributed by atoms with Gasteiger partial charge < -0.3 is 10.2 Å². The summed E-state index contributed by atoms with van der Waals surface area (Å²) in [5, 5.41) is 3.42. The van der Waals surface area contributed by atoms with Gasteiger partial charge in [-0.15, -0.1) is 0 Å². The van der Waals surface area contributed by atoms with Gasteiger partial charge in [0.15, 0.2) is 0 Å². The lowest BCUT2D eigenvalue weighted by molar-refractivity contribution is 0.102. The Morgan fingerprint density at radius 3 is 2.26 bits per heavy atom. The van der Waals surface area contributed by atoms with Crippen molar-refractivity contribution >= 4 is 29.1 Å². The van der Waals surface area contributed by atoms with E-state index < -0.39 is 0 Å². The van der Waals surface area contributed by atoms with E-state index in [0.717, 1.165) is 0 Å². The average Bonchev–Trinajstić information content (AvgIpc) is 2.68. The summed E-state index contributed by atoms with van der Waals surface area (Å²) < 4.78 is 0. The maximum Gasteiger partial charge on any atom is 0.258 e. The van der Waals surface area contributed by atoms with E-state index >= 15 is 0 Å². The van der Waals surface area contributed by atoms with Crippen molar-refractivity contribution < 1.29 is 4.79 Å². The number of aromatic nitrogens is 2. The highest BCUT2D eigenvalue weighted by molar-refractivity contribution is 6.30. The molecule has 0 radical (unpaired) electrons. The smallest absolute Gasteiger partial charge is 0.258 e. The molecule has 0 unspecified atom stereocenters. The van der Waals surface area contributed by atoms with E-state index in [2.05, 4.69) is 46.2 Å². The van der Waals surface area contributed by atoms with Crippen LogP contribution in [0.4, 0.5) is 11.6 Å². The van der Waals surface area contributed by atoms with Crippen LogP contribution in [0.15, 0.2) is 67.0 Å². The molecule has 0 aliphatic rings. The molecular formula is C21H21ClN4O. The van der Waals surface area contributed by atoms with E-state index in [9.17, 15) is 4.79 Å². The first-order valence-electron chi connectivity index (χ1n) is 8.72. The first-order chi connectivity index (χ1) is 13.0. The summed E-state index contributed by atoms with van der Waals surface area (Å²) >= 11 is 5.86. The highest BCUT2D eigenvalue weighted by Crippen LogP contribution is 2.17. The second-order valence-electron chi connectivity index (χ2n) is 6.44. The van der Waals surface area contributed by atoms with Crippen molar-refractivity contribution in [2.45, 2.75) is 26.4 Å². The van der Waals surface area contributed by atoms with Crippen molar-refractivity contribution in [2.24, 2.45) is 0 Å². The van der Waals surface area contributed by atoms with Crippen LogP contribution in [0.25, 0.3) is 0 Å². The standard InChI is InChI=1S/C21H21ClN4O/c1-15(2)26(14-16-6-4-3-5-7-16)21-23-12-17(13-24-21)20(27)25-19-10-8-18(22)9-11-19/h3-13,15H,14H2,1-2H3,(H,25,27). The molecule has 1 amide bonds. The highest BCUT2D eigenvalue weighted by Gasteiger charge is 2.15. The number of anilines is 2. The van der Waals surface area contributed by atoms with E-state index in [1.54, 1.807) is 36.7 Å². The molecule has 1 N–H and O–H groups in total. The summed E-state index contributed by atoms with van der Waals surface area (Å²) in [5.41, 5.74) is 2.25. The minimum atomic E-state index is -0.261. The number of carbonyl (C=O) groups is 1. The number of halogens is 1. The molecule has 3 aromatic rings. The van der Waals surface area contributed by atoms with Gasteiger partial charge >= 0.3 is 0 Å². The zero-order valence-electron chi connectivity index (χ0n) is 15.3. The van der Waals surface area contributed by atoms with Gasteiger partial charge in [-0.2, -0.15) is 0 Å². The number of nitrogens with zero attached hydrogens (tertiary/aromatic N) is 3. The van der Waals surface area contributed by atoms with Crippen LogP contribution < -0.4 is 10.2 Å². The third-order valence-corrected chi connectivity index (χ3v) is 4.33. The minimum absolute atomic E-state index is 0.221. The molecular weight excluding hydrogens is 360 g/mol. The second-order valence-corrected chi connectivity index (χ2v) is 6.88. The van der Waals surface area contributed by atoms with Crippen molar-refractivity contribution in [3.8, 4) is 0 Å². The minimum Gasteiger partial charge on any atom is -0.334 e. The zero-order chi connectivity index (χ0) is 19.2. The Morgan fingerprint density at radius 2 is 1.67 bits per heavy atom. The van der Waals surface area contributed by atoms with Crippen LogP contribution in [0.1, 0.15) is 29.8 Å². The summed E-state index contributed by atoms with van der Waals surface area (Å²) in [6.07, 6.45) is 3.10. The molecule has 0 saturated carbocycles. The average molecular weight is 381 g/mol. The zero-order valence-corrected chi connectivity index (χ0v) is 16.0. The lowest BCUT2D eigenvalue weighted by Crippen LogP contribution is -2.31. The van der Waals surface area contributed by atoms with Crippen molar-refractivity contribution in [1.82, 2.24) is 9.97 Å². The molecule has 0 spiro atoms. The molecule has 138 valence electrons. The number of benzene rings is 2. The van der Waals surface area contributed by atoms with Crippen LogP contribution in [0, 0.1) is 0 Å². The normalized spacial score (nSPS) is 10.7. The molecule has 6 heteroatoms. The maximum atomic E-state index is 12.4. The Bertz CT molecular complexity index is 880. The van der Waals surface area contributed by atoms with Crippen LogP contribution in [0.3, 0.4) is 0 Å². The van der Waals surface area contributed by atoms with Gasteiger partial charge in [0.05, 0.1) is 5.56 Å². The number of amides is 1. The molecule has 2 aromatic carbocycles. The number of rotatable bonds is 6. The van der Waals surface area contributed by atoms with Gasteiger partial charge in [-0.25, -0.2) is 9.97 Å². The summed E-state index contributed by atoms with van der Waals surface area (Å²) in [6, 6.07) is 17.3. The molecule has 0 aliphatic heterocycles. The molecule has 0 atom stereocenters. The van der Waals surface area contributed by atoms with Crippen molar-refractivity contribution in [1.29, 1.82) is 0 Å². The van der Waals surface area contributed by atoms with Crippen LogP contribution in [0.2, 0.25) is 5.02 Å². The summed E-state index contributed by atoms with van der Waals surface area (Å²) in [6.45, 7) is 4.88. The van der Waals surface area contributed by atoms with Gasteiger partial charge in [0, 0.05) is 35.7 Å². The van der Waals surface area contributed by atoms with Crippen LogP contribution in [-0.2, 0) is 6.54 Å². The predicted molar refractivity (Wildman–Crippen MR) is 109 cm³/mol. The number of hydrogen-bond donors (Lipinski definition) is 1. The quantitative estimate of drug-likeness (QED) is 0.667. The molecule has 5 nitrogen and oxygen atoms in total. The Hall–Kier alpha value is -2.92. The van der Waals surface area contributed by atoms with Crippen molar-refractivity contribution in [2.75, 3.05) is 10.2 Å². The van der Waals surface area contributed by atoms with E-state index in [4.69, 9.17) is 11.6 Å². The predicted octanol–water partition coefficient (Wildman–Crippen LogP) is 4.80. The first kappa shape index (κ1) is 18.9. The Kier molecular flexibility index (Phi) is 6.04. The summed E-state index contributed by atoms with van der Waals surface area (Å²) in [5.74, 6) is 0.333. The van der Waals surface area contributed by atoms with Gasteiger partial charge in [0.25, 0.3) is 5.91 Å². The molecule has 3 rings (SSSR count). The van der Waals surface area contributed by atoms with E-state index in [1.807, 2.05) is 18.2 Å². The molecule has 27 heavy (non-hydrogen) atoms. The fourth-order valence-electron chi connectivity index (χ4n) is 2.59. The van der Waals surface area contributed by atoms with Gasteiger partial charge in [0.2, 0.25) is 5.95 Å². The SMILES string of the molecule is CC(C)N(Cc1ccccc1)c1ncc(C(=O)Nc2ccc(Cl)cc2)cn1. The lowest BCUT2D eigenvalue weighted by atomic mass is 10.2.